The smallest absolute Gasteiger partial charge is 0.458 e. The summed E-state index contributed by atoms with van der Waals surface area (Å²) in [5, 5.41) is 11.8. The molecule has 1 N–H and O–H groups in total. The molecule has 0 aliphatic heterocycles. The van der Waals surface area contributed by atoms with Crippen LogP contribution in [0.3, 0.4) is 0 Å². The predicted octanol–water partition coefficient (Wildman–Crippen LogP) is 4.31. The van der Waals surface area contributed by atoms with E-state index in [1.807, 2.05) is 33.8 Å². The molecule has 8 nitrogen and oxygen atoms in total. The Morgan fingerprint density at radius 2 is 1.89 bits per heavy atom. The minimum absolute atomic E-state index is 0.0829. The molecule has 0 spiro atoms. The molecular formula is C28H37ClO8. The molecule has 8 atom stereocenters. The molecule has 0 saturated heterocycles. The topological polar surface area (TPSA) is 116 Å². The van der Waals surface area contributed by atoms with E-state index >= 15 is 0 Å². The number of hydrogen-bond acceptors (Lipinski definition) is 8. The summed E-state index contributed by atoms with van der Waals surface area (Å²) < 4.78 is 16.2. The molecule has 0 amide bonds. The van der Waals surface area contributed by atoms with E-state index in [2.05, 4.69) is 0 Å². The van der Waals surface area contributed by atoms with Crippen molar-refractivity contribution in [1.82, 2.24) is 0 Å². The molecule has 4 aliphatic carbocycles. The van der Waals surface area contributed by atoms with Crippen molar-refractivity contribution in [3.63, 3.8) is 0 Å². The molecular weight excluding hydrogens is 500 g/mol. The normalized spacial score (nSPS) is 42.1. The molecule has 4 aliphatic rings. The predicted molar refractivity (Wildman–Crippen MR) is 135 cm³/mol. The second-order valence-corrected chi connectivity index (χ2v) is 12.2. The van der Waals surface area contributed by atoms with E-state index in [0.717, 1.165) is 5.57 Å². The standard InChI is InChI=1S/C28H37ClO8/c1-6-11-35-24(34)37-28(23(33)15-36-17(3)30)16(2)12-21-20-8-7-18-13-19(31)9-10-25(18,4)27(20,29)22(32)14-26(21,28)5/h9-10,13,16,20-22,32H,6-8,11-12,14-15H2,1-5H3/t16-,20+,21+,22?,25+,26+,27+,28+/m1/s1. The number of ketones is 2. The maximum atomic E-state index is 13.8. The summed E-state index contributed by atoms with van der Waals surface area (Å²) >= 11 is 7.48. The molecule has 3 fully saturated rings. The third kappa shape index (κ3) is 3.89. The first-order chi connectivity index (χ1) is 17.3. The molecule has 3 saturated carbocycles. The van der Waals surface area contributed by atoms with Gasteiger partial charge in [-0.1, -0.05) is 39.3 Å². The second kappa shape index (κ2) is 9.53. The zero-order chi connectivity index (χ0) is 27.4. The highest BCUT2D eigenvalue weighted by Crippen LogP contribution is 2.72. The number of fused-ring (bicyclic) bond motifs is 5. The molecule has 0 bridgehead atoms. The van der Waals surface area contributed by atoms with Crippen LogP contribution in [-0.2, 0) is 28.6 Å². The summed E-state index contributed by atoms with van der Waals surface area (Å²) in [4.78, 5) is 49.2. The lowest BCUT2D eigenvalue weighted by molar-refractivity contribution is -0.187. The molecule has 0 radical (unpaired) electrons. The number of Topliss-reactive ketones (excluding diaryl/α,β-unsaturated/α-hetero) is 1. The third-order valence-electron chi connectivity index (χ3n) is 9.67. The number of rotatable bonds is 6. The van der Waals surface area contributed by atoms with Gasteiger partial charge in [0.2, 0.25) is 5.78 Å². The zero-order valence-corrected chi connectivity index (χ0v) is 22.9. The van der Waals surface area contributed by atoms with E-state index < -0.39 is 57.8 Å². The Hall–Kier alpha value is -2.19. The number of allylic oxidation sites excluding steroid dienone is 4. The van der Waals surface area contributed by atoms with E-state index in [1.165, 1.54) is 13.0 Å². The van der Waals surface area contributed by atoms with Crippen molar-refractivity contribution in [3.8, 4) is 0 Å². The molecule has 0 heterocycles. The fourth-order valence-corrected chi connectivity index (χ4v) is 8.54. The Kier molecular flexibility index (Phi) is 7.17. The van der Waals surface area contributed by atoms with Crippen molar-refractivity contribution in [1.29, 1.82) is 0 Å². The average molecular weight is 537 g/mol. The summed E-state index contributed by atoms with van der Waals surface area (Å²) in [5.74, 6) is -2.11. The number of esters is 1. The van der Waals surface area contributed by atoms with Crippen LogP contribution in [0.4, 0.5) is 4.79 Å². The zero-order valence-electron chi connectivity index (χ0n) is 22.2. The lowest BCUT2D eigenvalue weighted by Gasteiger charge is -2.64. The van der Waals surface area contributed by atoms with Gasteiger partial charge in [-0.25, -0.2) is 4.79 Å². The minimum atomic E-state index is -1.67. The molecule has 0 aromatic rings. The Bertz CT molecular complexity index is 1070. The van der Waals surface area contributed by atoms with Gasteiger partial charge >= 0.3 is 12.1 Å². The number of alkyl halides is 1. The van der Waals surface area contributed by atoms with Gasteiger partial charge in [-0.2, -0.15) is 0 Å². The second-order valence-electron chi connectivity index (χ2n) is 11.5. The summed E-state index contributed by atoms with van der Waals surface area (Å²) in [6.45, 7) is 8.32. The van der Waals surface area contributed by atoms with Crippen LogP contribution in [0, 0.1) is 28.6 Å². The fourth-order valence-electron chi connectivity index (χ4n) is 8.02. The van der Waals surface area contributed by atoms with E-state index in [-0.39, 0.29) is 30.6 Å². The Balaban J connectivity index is 1.79. The third-order valence-corrected chi connectivity index (χ3v) is 10.6. The number of carbonyl (C=O) groups excluding carboxylic acids is 4. The summed E-state index contributed by atoms with van der Waals surface area (Å²) in [5.41, 5.74) is -2.52. The number of aliphatic hydroxyl groups excluding tert-OH is 1. The van der Waals surface area contributed by atoms with Crippen molar-refractivity contribution < 1.29 is 38.5 Å². The summed E-state index contributed by atoms with van der Waals surface area (Å²) in [6, 6.07) is 0. The van der Waals surface area contributed by atoms with E-state index in [4.69, 9.17) is 25.8 Å². The lowest BCUT2D eigenvalue weighted by Crippen LogP contribution is -2.69. The van der Waals surface area contributed by atoms with E-state index in [9.17, 15) is 24.3 Å². The Labute approximate surface area is 222 Å². The molecule has 9 heteroatoms. The van der Waals surface area contributed by atoms with Crippen LogP contribution < -0.4 is 0 Å². The molecule has 4 rings (SSSR count). The maximum Gasteiger partial charge on any atom is 0.509 e. The van der Waals surface area contributed by atoms with Gasteiger partial charge in [-0.3, -0.25) is 14.4 Å². The molecule has 37 heavy (non-hydrogen) atoms. The highest BCUT2D eigenvalue weighted by Gasteiger charge is 2.76. The van der Waals surface area contributed by atoms with Gasteiger partial charge in [0.05, 0.1) is 17.6 Å². The first-order valence-corrected chi connectivity index (χ1v) is 13.5. The highest BCUT2D eigenvalue weighted by molar-refractivity contribution is 6.26. The molecule has 0 aromatic carbocycles. The van der Waals surface area contributed by atoms with Crippen molar-refractivity contribution in [2.45, 2.75) is 83.3 Å². The highest BCUT2D eigenvalue weighted by atomic mass is 35.5. The van der Waals surface area contributed by atoms with Gasteiger partial charge in [0.25, 0.3) is 0 Å². The first-order valence-electron chi connectivity index (χ1n) is 13.1. The molecule has 0 aromatic heterocycles. The Morgan fingerprint density at radius 1 is 1.19 bits per heavy atom. The van der Waals surface area contributed by atoms with Crippen LogP contribution >= 0.6 is 11.6 Å². The van der Waals surface area contributed by atoms with Crippen LogP contribution in [-0.4, -0.2) is 58.6 Å². The van der Waals surface area contributed by atoms with Crippen LogP contribution in [0.5, 0.6) is 0 Å². The number of hydrogen-bond donors (Lipinski definition) is 1. The van der Waals surface area contributed by atoms with Gasteiger partial charge in [-0.15, -0.1) is 11.6 Å². The quantitative estimate of drug-likeness (QED) is 0.394. The van der Waals surface area contributed by atoms with Gasteiger partial charge < -0.3 is 19.3 Å². The Morgan fingerprint density at radius 3 is 2.54 bits per heavy atom. The van der Waals surface area contributed by atoms with Crippen LogP contribution in [0.15, 0.2) is 23.8 Å². The van der Waals surface area contributed by atoms with Crippen molar-refractivity contribution in [3.05, 3.63) is 23.8 Å². The number of ether oxygens (including phenoxy) is 3. The molecule has 1 unspecified atom stereocenters. The van der Waals surface area contributed by atoms with Gasteiger partial charge in [-0.05, 0) is 56.1 Å². The summed E-state index contributed by atoms with van der Waals surface area (Å²) in [6.07, 6.45) is 5.34. The van der Waals surface area contributed by atoms with Gasteiger partial charge in [0, 0.05) is 23.7 Å². The minimum Gasteiger partial charge on any atom is -0.458 e. The van der Waals surface area contributed by atoms with Crippen LogP contribution in [0.25, 0.3) is 0 Å². The number of aliphatic hydroxyl groups is 1. The van der Waals surface area contributed by atoms with Gasteiger partial charge in [0.15, 0.2) is 18.0 Å². The van der Waals surface area contributed by atoms with E-state index in [0.29, 0.717) is 25.7 Å². The lowest BCUT2D eigenvalue weighted by atomic mass is 9.45. The van der Waals surface area contributed by atoms with Crippen molar-refractivity contribution in [2.75, 3.05) is 13.2 Å². The monoisotopic (exact) mass is 536 g/mol. The first kappa shape index (κ1) is 27.8. The van der Waals surface area contributed by atoms with Crippen molar-refractivity contribution in [2.24, 2.45) is 28.6 Å². The average Bonchev–Trinajstić information content (AvgIpc) is 3.04. The van der Waals surface area contributed by atoms with Crippen LogP contribution in [0.1, 0.15) is 66.7 Å². The largest absolute Gasteiger partial charge is 0.509 e. The van der Waals surface area contributed by atoms with E-state index in [1.54, 1.807) is 6.08 Å². The fraction of sp³-hybridized carbons (Fsp3) is 0.714. The number of carbonyl (C=O) groups is 4. The molecule has 204 valence electrons. The van der Waals surface area contributed by atoms with Crippen LogP contribution in [0.2, 0.25) is 0 Å². The van der Waals surface area contributed by atoms with Gasteiger partial charge in [0.1, 0.15) is 0 Å². The summed E-state index contributed by atoms with van der Waals surface area (Å²) in [7, 11) is 0. The van der Waals surface area contributed by atoms with Crippen molar-refractivity contribution >= 4 is 35.3 Å². The maximum absolute atomic E-state index is 13.8. The SMILES string of the molecule is CCCOC(=O)O[C@]1(C(=O)COC(C)=O)[C@H](C)C[C@H]2[C@@H]3CCC4=CC(=O)C=C[C@]4(C)[C@@]3(Cl)C(O)C[C@@]21C. The number of halogens is 1.